The molecule has 4 heteroatoms. The van der Waals surface area contributed by atoms with Gasteiger partial charge >= 0.3 is 0 Å². The number of methoxy groups -OCH3 is 1. The van der Waals surface area contributed by atoms with Crippen LogP contribution in [0.4, 0.5) is 0 Å². The zero-order chi connectivity index (χ0) is 16.1. The predicted octanol–water partition coefficient (Wildman–Crippen LogP) is 2.74. The van der Waals surface area contributed by atoms with Crippen LogP contribution in [0.25, 0.3) is 0 Å². The molecule has 1 heterocycles. The SMILES string of the molecule is COc1ccccc1[C@@H](C)CC(=O)N(C)C[C@@H]1CCCN1C. The van der Waals surface area contributed by atoms with Gasteiger partial charge in [-0.1, -0.05) is 25.1 Å². The third-order valence-electron chi connectivity index (χ3n) is 4.73. The third-order valence-corrected chi connectivity index (χ3v) is 4.73. The van der Waals surface area contributed by atoms with Crippen molar-refractivity contribution in [2.45, 2.75) is 38.1 Å². The van der Waals surface area contributed by atoms with Crippen molar-refractivity contribution < 1.29 is 9.53 Å². The Morgan fingerprint density at radius 2 is 2.18 bits per heavy atom. The van der Waals surface area contributed by atoms with Crippen LogP contribution in [-0.4, -0.2) is 56.0 Å². The van der Waals surface area contributed by atoms with E-state index in [2.05, 4.69) is 18.9 Å². The molecule has 4 nitrogen and oxygen atoms in total. The monoisotopic (exact) mass is 304 g/mol. The lowest BCUT2D eigenvalue weighted by Gasteiger charge is -2.27. The standard InChI is InChI=1S/C18H28N2O2/c1-14(16-9-5-6-10-17(16)22-4)12-18(21)20(3)13-15-8-7-11-19(15)2/h5-6,9-10,14-15H,7-8,11-13H2,1-4H3/t14-,15-/m0/s1. The van der Waals surface area contributed by atoms with Gasteiger partial charge in [0.1, 0.15) is 5.75 Å². The van der Waals surface area contributed by atoms with E-state index >= 15 is 0 Å². The maximum absolute atomic E-state index is 12.5. The maximum Gasteiger partial charge on any atom is 0.222 e. The Balaban J connectivity index is 1.92. The maximum atomic E-state index is 12.5. The summed E-state index contributed by atoms with van der Waals surface area (Å²) in [6.45, 7) is 4.06. The van der Waals surface area contributed by atoms with Gasteiger partial charge in [-0.25, -0.2) is 0 Å². The van der Waals surface area contributed by atoms with Crippen LogP contribution in [0, 0.1) is 0 Å². The van der Waals surface area contributed by atoms with E-state index in [9.17, 15) is 4.79 Å². The van der Waals surface area contributed by atoms with E-state index < -0.39 is 0 Å². The first-order valence-electron chi connectivity index (χ1n) is 8.10. The van der Waals surface area contributed by atoms with Crippen molar-refractivity contribution in [1.29, 1.82) is 0 Å². The van der Waals surface area contributed by atoms with Crippen molar-refractivity contribution in [3.63, 3.8) is 0 Å². The fourth-order valence-corrected chi connectivity index (χ4v) is 3.23. The first-order chi connectivity index (χ1) is 10.5. The molecule has 1 fully saturated rings. The van der Waals surface area contributed by atoms with Crippen LogP contribution < -0.4 is 4.74 Å². The number of ether oxygens (including phenoxy) is 1. The average Bonchev–Trinajstić information content (AvgIpc) is 2.92. The average molecular weight is 304 g/mol. The second-order valence-corrected chi connectivity index (χ2v) is 6.40. The Hall–Kier alpha value is -1.55. The molecule has 2 atom stereocenters. The molecule has 1 aliphatic heterocycles. The molecular formula is C18H28N2O2. The molecule has 0 radical (unpaired) electrons. The number of likely N-dealkylation sites (N-methyl/N-ethyl adjacent to an activating group) is 2. The molecular weight excluding hydrogens is 276 g/mol. The molecule has 1 saturated heterocycles. The number of likely N-dealkylation sites (tertiary alicyclic amines) is 1. The van der Waals surface area contributed by atoms with Crippen LogP contribution in [0.3, 0.4) is 0 Å². The minimum atomic E-state index is 0.160. The molecule has 2 rings (SSSR count). The Morgan fingerprint density at radius 3 is 2.82 bits per heavy atom. The fourth-order valence-electron chi connectivity index (χ4n) is 3.23. The van der Waals surface area contributed by atoms with Crippen LogP contribution in [0.2, 0.25) is 0 Å². The lowest BCUT2D eigenvalue weighted by atomic mass is 9.96. The Morgan fingerprint density at radius 1 is 1.45 bits per heavy atom. The van der Waals surface area contributed by atoms with Gasteiger partial charge in [-0.15, -0.1) is 0 Å². The van der Waals surface area contributed by atoms with Gasteiger partial charge in [0.2, 0.25) is 5.91 Å². The van der Waals surface area contributed by atoms with Crippen LogP contribution in [0.1, 0.15) is 37.7 Å². The van der Waals surface area contributed by atoms with E-state index in [1.165, 1.54) is 12.8 Å². The van der Waals surface area contributed by atoms with Gasteiger partial charge in [-0.2, -0.15) is 0 Å². The summed E-state index contributed by atoms with van der Waals surface area (Å²) in [6.07, 6.45) is 2.95. The minimum Gasteiger partial charge on any atom is -0.496 e. The summed E-state index contributed by atoms with van der Waals surface area (Å²) in [5, 5.41) is 0. The van der Waals surface area contributed by atoms with Crippen molar-refractivity contribution >= 4 is 5.91 Å². The van der Waals surface area contributed by atoms with Crippen LogP contribution in [0.15, 0.2) is 24.3 Å². The lowest BCUT2D eigenvalue weighted by Crippen LogP contribution is -2.39. The molecule has 22 heavy (non-hydrogen) atoms. The number of hydrogen-bond donors (Lipinski definition) is 0. The molecule has 1 aromatic rings. The Labute approximate surface area is 134 Å². The zero-order valence-electron chi connectivity index (χ0n) is 14.2. The summed E-state index contributed by atoms with van der Waals surface area (Å²) >= 11 is 0. The topological polar surface area (TPSA) is 32.8 Å². The molecule has 122 valence electrons. The quantitative estimate of drug-likeness (QED) is 0.810. The summed E-state index contributed by atoms with van der Waals surface area (Å²) in [4.78, 5) is 16.7. The molecule has 0 spiro atoms. The molecule has 1 aromatic carbocycles. The van der Waals surface area contributed by atoms with Gasteiger partial charge in [0, 0.05) is 26.1 Å². The van der Waals surface area contributed by atoms with Crippen molar-refractivity contribution in [2.24, 2.45) is 0 Å². The van der Waals surface area contributed by atoms with Crippen LogP contribution in [-0.2, 0) is 4.79 Å². The van der Waals surface area contributed by atoms with Gasteiger partial charge in [-0.05, 0) is 44.0 Å². The highest BCUT2D eigenvalue weighted by Gasteiger charge is 2.25. The third kappa shape index (κ3) is 4.01. The molecule has 0 N–H and O–H groups in total. The number of amides is 1. The summed E-state index contributed by atoms with van der Waals surface area (Å²) < 4.78 is 5.40. The molecule has 0 aromatic heterocycles. The van der Waals surface area contributed by atoms with Gasteiger partial charge in [-0.3, -0.25) is 4.79 Å². The fraction of sp³-hybridized carbons (Fsp3) is 0.611. The molecule has 0 bridgehead atoms. The first kappa shape index (κ1) is 16.8. The minimum absolute atomic E-state index is 0.160. The van der Waals surface area contributed by atoms with Gasteiger partial charge in [0.25, 0.3) is 0 Å². The summed E-state index contributed by atoms with van der Waals surface area (Å²) in [5.74, 6) is 1.23. The highest BCUT2D eigenvalue weighted by Crippen LogP contribution is 2.28. The van der Waals surface area contributed by atoms with Crippen molar-refractivity contribution in [1.82, 2.24) is 9.80 Å². The van der Waals surface area contributed by atoms with E-state index in [1.807, 2.05) is 36.2 Å². The molecule has 1 aliphatic rings. The highest BCUT2D eigenvalue weighted by atomic mass is 16.5. The predicted molar refractivity (Wildman–Crippen MR) is 89.3 cm³/mol. The number of carbonyl (C=O) groups excluding carboxylic acids is 1. The van der Waals surface area contributed by atoms with E-state index in [1.54, 1.807) is 7.11 Å². The van der Waals surface area contributed by atoms with Crippen molar-refractivity contribution in [3.8, 4) is 5.75 Å². The molecule has 1 amide bonds. The van der Waals surface area contributed by atoms with Gasteiger partial charge < -0.3 is 14.5 Å². The number of carbonyl (C=O) groups is 1. The molecule has 0 saturated carbocycles. The number of nitrogens with zero attached hydrogens (tertiary/aromatic N) is 2. The first-order valence-corrected chi connectivity index (χ1v) is 8.10. The highest BCUT2D eigenvalue weighted by molar-refractivity contribution is 5.77. The summed E-state index contributed by atoms with van der Waals surface area (Å²) in [7, 11) is 5.74. The second-order valence-electron chi connectivity index (χ2n) is 6.40. The van der Waals surface area contributed by atoms with Crippen LogP contribution >= 0.6 is 0 Å². The normalized spacial score (nSPS) is 19.9. The number of para-hydroxylation sites is 1. The van der Waals surface area contributed by atoms with Crippen molar-refractivity contribution in [3.05, 3.63) is 29.8 Å². The largest absolute Gasteiger partial charge is 0.496 e. The van der Waals surface area contributed by atoms with Gasteiger partial charge in [0.15, 0.2) is 0 Å². The van der Waals surface area contributed by atoms with E-state index in [0.717, 1.165) is 24.4 Å². The Bertz CT molecular complexity index is 504. The smallest absolute Gasteiger partial charge is 0.222 e. The summed E-state index contributed by atoms with van der Waals surface area (Å²) in [5.41, 5.74) is 1.10. The Kier molecular flexibility index (Phi) is 5.83. The van der Waals surface area contributed by atoms with E-state index in [0.29, 0.717) is 12.5 Å². The lowest BCUT2D eigenvalue weighted by molar-refractivity contribution is -0.130. The molecule has 0 unspecified atom stereocenters. The summed E-state index contributed by atoms with van der Waals surface area (Å²) in [6, 6.07) is 8.46. The van der Waals surface area contributed by atoms with E-state index in [-0.39, 0.29) is 11.8 Å². The van der Waals surface area contributed by atoms with E-state index in [4.69, 9.17) is 4.74 Å². The molecule has 0 aliphatic carbocycles. The number of hydrogen-bond acceptors (Lipinski definition) is 3. The van der Waals surface area contributed by atoms with Crippen molar-refractivity contribution in [2.75, 3.05) is 34.3 Å². The van der Waals surface area contributed by atoms with Gasteiger partial charge in [0.05, 0.1) is 7.11 Å². The number of rotatable bonds is 6. The number of benzene rings is 1. The zero-order valence-corrected chi connectivity index (χ0v) is 14.2. The second kappa shape index (κ2) is 7.63. The van der Waals surface area contributed by atoms with Crippen LogP contribution in [0.5, 0.6) is 5.75 Å².